The monoisotopic (exact) mass is 195 g/mol. The van der Waals surface area contributed by atoms with E-state index in [0.29, 0.717) is 0 Å². The third-order valence-electron chi connectivity index (χ3n) is 2.58. The maximum atomic E-state index is 9.39. The molecule has 0 saturated carbocycles. The van der Waals surface area contributed by atoms with Gasteiger partial charge in [-0.2, -0.15) is 0 Å². The van der Waals surface area contributed by atoms with Gasteiger partial charge in [0.2, 0.25) is 0 Å². The van der Waals surface area contributed by atoms with Crippen molar-refractivity contribution in [3.05, 3.63) is 0 Å². The van der Waals surface area contributed by atoms with Crippen LogP contribution in [0.15, 0.2) is 0 Å². The summed E-state index contributed by atoms with van der Waals surface area (Å²) >= 11 is 0. The van der Waals surface area contributed by atoms with Crippen LogP contribution >= 0.6 is 0 Å². The molecule has 1 aliphatic rings. The lowest BCUT2D eigenvalue weighted by molar-refractivity contribution is 0.220. The van der Waals surface area contributed by atoms with Gasteiger partial charge in [-0.25, -0.2) is 0 Å². The highest BCUT2D eigenvalue weighted by Crippen LogP contribution is 2.07. The number of piperidine rings is 1. The van der Waals surface area contributed by atoms with Gasteiger partial charge in [-0.1, -0.05) is 31.6 Å². The molecule has 1 rings (SSSR count). The number of aliphatic hydroxyl groups excluding tert-OH is 1. The topological polar surface area (TPSA) is 23.5 Å². The van der Waals surface area contributed by atoms with Crippen molar-refractivity contribution in [3.63, 3.8) is 0 Å². The van der Waals surface area contributed by atoms with Crippen molar-refractivity contribution in [2.24, 2.45) is 0 Å². The lowest BCUT2D eigenvalue weighted by Gasteiger charge is -2.23. The summed E-state index contributed by atoms with van der Waals surface area (Å²) < 4.78 is 0. The predicted octanol–water partition coefficient (Wildman–Crippen LogP) is 1.64. The summed E-state index contributed by atoms with van der Waals surface area (Å²) in [7, 11) is 0. The van der Waals surface area contributed by atoms with Crippen molar-refractivity contribution in [2.45, 2.75) is 45.1 Å². The van der Waals surface area contributed by atoms with Crippen LogP contribution in [0.3, 0.4) is 0 Å². The van der Waals surface area contributed by atoms with Crippen LogP contribution in [0.1, 0.15) is 39.0 Å². The summed E-state index contributed by atoms with van der Waals surface area (Å²) in [4.78, 5) is 2.37. The molecule has 1 aliphatic heterocycles. The minimum atomic E-state index is -0.412. The highest BCUT2D eigenvalue weighted by atomic mass is 16.3. The smallest absolute Gasteiger partial charge is 0.114 e. The molecule has 0 aliphatic carbocycles. The molecule has 1 saturated heterocycles. The number of nitrogens with zero attached hydrogens (tertiary/aromatic N) is 1. The molecule has 0 spiro atoms. The number of hydrogen-bond acceptors (Lipinski definition) is 2. The van der Waals surface area contributed by atoms with Gasteiger partial charge in [-0.05, 0) is 32.4 Å². The van der Waals surface area contributed by atoms with Gasteiger partial charge in [0.05, 0.1) is 6.54 Å². The van der Waals surface area contributed by atoms with Crippen molar-refractivity contribution < 1.29 is 5.11 Å². The van der Waals surface area contributed by atoms with Crippen molar-refractivity contribution in [2.75, 3.05) is 19.6 Å². The van der Waals surface area contributed by atoms with E-state index in [2.05, 4.69) is 23.7 Å². The average Bonchev–Trinajstić information content (AvgIpc) is 2.20. The molecule has 0 aromatic rings. The summed E-state index contributed by atoms with van der Waals surface area (Å²) in [5.41, 5.74) is 0. The third kappa shape index (κ3) is 4.64. The minimum Gasteiger partial charge on any atom is -0.380 e. The van der Waals surface area contributed by atoms with Gasteiger partial charge < -0.3 is 5.11 Å². The maximum absolute atomic E-state index is 9.39. The van der Waals surface area contributed by atoms with E-state index < -0.39 is 6.10 Å². The molecule has 80 valence electrons. The largest absolute Gasteiger partial charge is 0.380 e. The minimum absolute atomic E-state index is 0.412. The van der Waals surface area contributed by atoms with Crippen LogP contribution < -0.4 is 0 Å². The van der Waals surface area contributed by atoms with Crippen LogP contribution in [0.25, 0.3) is 0 Å². The second-order valence-corrected chi connectivity index (χ2v) is 3.96. The van der Waals surface area contributed by atoms with Crippen LogP contribution in [0.4, 0.5) is 0 Å². The Morgan fingerprint density at radius 2 is 2.00 bits per heavy atom. The Kier molecular flexibility index (Phi) is 5.66. The van der Waals surface area contributed by atoms with E-state index in [-0.39, 0.29) is 0 Å². The first-order chi connectivity index (χ1) is 6.83. The fourth-order valence-corrected chi connectivity index (χ4v) is 1.74. The molecular formula is C12H21NO. The number of aliphatic hydroxyl groups is 1. The highest BCUT2D eigenvalue weighted by Gasteiger charge is 2.07. The van der Waals surface area contributed by atoms with E-state index >= 15 is 0 Å². The fourth-order valence-electron chi connectivity index (χ4n) is 1.74. The average molecular weight is 195 g/mol. The molecule has 0 aromatic carbocycles. The van der Waals surface area contributed by atoms with Crippen molar-refractivity contribution in [1.82, 2.24) is 4.90 Å². The molecule has 0 bridgehead atoms. The summed E-state index contributed by atoms with van der Waals surface area (Å²) in [6.45, 7) is 5.26. The Morgan fingerprint density at radius 1 is 1.29 bits per heavy atom. The predicted molar refractivity (Wildman–Crippen MR) is 59.0 cm³/mol. The van der Waals surface area contributed by atoms with Crippen LogP contribution in [-0.2, 0) is 0 Å². The third-order valence-corrected chi connectivity index (χ3v) is 2.58. The molecule has 1 N–H and O–H groups in total. The zero-order chi connectivity index (χ0) is 10.2. The second-order valence-electron chi connectivity index (χ2n) is 3.96. The standard InChI is InChI=1S/C12H21NO/c1-2-7-12(14)8-6-11-13-9-4-3-5-10-13/h12,14H,2-5,7,9-11H2,1H3/t12-/m0/s1. The van der Waals surface area contributed by atoms with Crippen LogP contribution in [0.5, 0.6) is 0 Å². The summed E-state index contributed by atoms with van der Waals surface area (Å²) in [5, 5.41) is 9.39. The lowest BCUT2D eigenvalue weighted by atomic mass is 10.1. The SMILES string of the molecule is CCC[C@H](O)C#CCN1CCCCC1. The Hall–Kier alpha value is -0.520. The van der Waals surface area contributed by atoms with Gasteiger partial charge >= 0.3 is 0 Å². The van der Waals surface area contributed by atoms with Gasteiger partial charge in [0.25, 0.3) is 0 Å². The quantitative estimate of drug-likeness (QED) is 0.692. The van der Waals surface area contributed by atoms with Gasteiger partial charge in [0.1, 0.15) is 6.10 Å². The van der Waals surface area contributed by atoms with Crippen molar-refractivity contribution in [1.29, 1.82) is 0 Å². The molecule has 0 aromatic heterocycles. The Bertz CT molecular complexity index is 198. The highest BCUT2D eigenvalue weighted by molar-refractivity contribution is 5.06. The van der Waals surface area contributed by atoms with Gasteiger partial charge in [0, 0.05) is 0 Å². The van der Waals surface area contributed by atoms with E-state index in [0.717, 1.165) is 19.4 Å². The molecule has 2 nitrogen and oxygen atoms in total. The normalized spacial score (nSPS) is 19.9. The van der Waals surface area contributed by atoms with Crippen LogP contribution in [0, 0.1) is 11.8 Å². The summed E-state index contributed by atoms with van der Waals surface area (Å²) in [6, 6.07) is 0. The first-order valence-electron chi connectivity index (χ1n) is 5.71. The van der Waals surface area contributed by atoms with Crippen LogP contribution in [0.2, 0.25) is 0 Å². The van der Waals surface area contributed by atoms with E-state index in [4.69, 9.17) is 0 Å². The lowest BCUT2D eigenvalue weighted by Crippen LogP contribution is -2.30. The van der Waals surface area contributed by atoms with E-state index in [1.807, 2.05) is 0 Å². The number of rotatable bonds is 3. The van der Waals surface area contributed by atoms with E-state index in [1.165, 1.54) is 32.4 Å². The molecule has 1 atom stereocenters. The Labute approximate surface area is 87.3 Å². The summed E-state index contributed by atoms with van der Waals surface area (Å²) in [6.07, 6.45) is 5.36. The van der Waals surface area contributed by atoms with E-state index in [1.54, 1.807) is 0 Å². The van der Waals surface area contributed by atoms with Crippen molar-refractivity contribution in [3.8, 4) is 11.8 Å². The molecule has 1 heterocycles. The zero-order valence-electron chi connectivity index (χ0n) is 9.13. The molecule has 1 fully saturated rings. The number of hydrogen-bond donors (Lipinski definition) is 1. The van der Waals surface area contributed by atoms with Gasteiger partial charge in [-0.3, -0.25) is 4.90 Å². The van der Waals surface area contributed by atoms with E-state index in [9.17, 15) is 5.11 Å². The second kappa shape index (κ2) is 6.86. The molecule has 14 heavy (non-hydrogen) atoms. The molecule has 0 unspecified atom stereocenters. The summed E-state index contributed by atoms with van der Waals surface area (Å²) in [5.74, 6) is 5.96. The molecule has 0 radical (unpaired) electrons. The van der Waals surface area contributed by atoms with Gasteiger partial charge in [-0.15, -0.1) is 0 Å². The first kappa shape index (κ1) is 11.6. The first-order valence-corrected chi connectivity index (χ1v) is 5.71. The Morgan fingerprint density at radius 3 is 2.64 bits per heavy atom. The maximum Gasteiger partial charge on any atom is 0.114 e. The zero-order valence-corrected chi connectivity index (χ0v) is 9.13. The van der Waals surface area contributed by atoms with Gasteiger partial charge in [0.15, 0.2) is 0 Å². The molecule has 2 heteroatoms. The Balaban J connectivity index is 2.16. The molecule has 0 amide bonds. The number of likely N-dealkylation sites (tertiary alicyclic amines) is 1. The fraction of sp³-hybridized carbons (Fsp3) is 0.833. The van der Waals surface area contributed by atoms with Crippen LogP contribution in [-0.4, -0.2) is 35.7 Å². The van der Waals surface area contributed by atoms with Crippen molar-refractivity contribution >= 4 is 0 Å². The molecular weight excluding hydrogens is 174 g/mol.